The second kappa shape index (κ2) is 9.31. The van der Waals surface area contributed by atoms with Gasteiger partial charge in [0.25, 0.3) is 0 Å². The summed E-state index contributed by atoms with van der Waals surface area (Å²) < 4.78 is 0. The molecule has 1 aromatic heterocycles. The fourth-order valence-electron chi connectivity index (χ4n) is 2.42. The highest BCUT2D eigenvalue weighted by Crippen LogP contribution is 2.26. The lowest BCUT2D eigenvalue weighted by atomic mass is 10.1. The number of thiazole rings is 1. The predicted molar refractivity (Wildman–Crippen MR) is 117 cm³/mol. The van der Waals surface area contributed by atoms with Gasteiger partial charge in [-0.15, -0.1) is 11.3 Å². The summed E-state index contributed by atoms with van der Waals surface area (Å²) in [5.41, 5.74) is 6.77. The third kappa shape index (κ3) is 5.63. The molecule has 3 rings (SSSR count). The fourth-order valence-corrected chi connectivity index (χ4v) is 3.12. The number of aromatic nitrogens is 1. The number of anilines is 3. The highest BCUT2D eigenvalue weighted by Gasteiger charge is 2.14. The summed E-state index contributed by atoms with van der Waals surface area (Å²) in [5, 5.41) is 12.2. The maximum Gasteiger partial charge on any atom is 0.329 e. The predicted octanol–water partition coefficient (Wildman–Crippen LogP) is 4.25. The van der Waals surface area contributed by atoms with Crippen molar-refractivity contribution in [2.75, 3.05) is 10.6 Å². The van der Waals surface area contributed by atoms with Crippen LogP contribution in [0.4, 0.5) is 16.5 Å². The van der Waals surface area contributed by atoms with Gasteiger partial charge in [-0.1, -0.05) is 23.7 Å². The Morgan fingerprint density at radius 1 is 1.10 bits per heavy atom. The van der Waals surface area contributed by atoms with E-state index in [0.29, 0.717) is 15.7 Å². The first kappa shape index (κ1) is 20.5. The number of aryl methyl sites for hydroxylation is 2. The van der Waals surface area contributed by atoms with Crippen molar-refractivity contribution in [3.8, 4) is 0 Å². The number of amides is 2. The Morgan fingerprint density at radius 2 is 1.93 bits per heavy atom. The summed E-state index contributed by atoms with van der Waals surface area (Å²) in [6, 6.07) is 11.4. The van der Waals surface area contributed by atoms with Gasteiger partial charge in [-0.3, -0.25) is 14.9 Å². The van der Waals surface area contributed by atoms with E-state index in [4.69, 9.17) is 11.6 Å². The van der Waals surface area contributed by atoms with Crippen LogP contribution in [0.25, 0.3) is 0 Å². The summed E-state index contributed by atoms with van der Waals surface area (Å²) in [5.74, 6) is -1.75. The highest BCUT2D eigenvalue weighted by atomic mass is 35.5. The number of carbonyl (C=O) groups is 2. The van der Waals surface area contributed by atoms with Crippen LogP contribution in [0.3, 0.4) is 0 Å². The van der Waals surface area contributed by atoms with Crippen molar-refractivity contribution in [1.82, 2.24) is 10.4 Å². The van der Waals surface area contributed by atoms with Crippen LogP contribution >= 0.6 is 22.9 Å². The smallest absolute Gasteiger partial charge is 0.329 e. The van der Waals surface area contributed by atoms with Gasteiger partial charge in [0.15, 0.2) is 5.13 Å². The first-order valence-corrected chi connectivity index (χ1v) is 9.86. The Kier molecular flexibility index (Phi) is 6.58. The number of benzene rings is 2. The van der Waals surface area contributed by atoms with Crippen LogP contribution < -0.4 is 16.1 Å². The van der Waals surface area contributed by atoms with E-state index in [1.54, 1.807) is 17.5 Å². The van der Waals surface area contributed by atoms with Crippen LogP contribution in [-0.4, -0.2) is 23.0 Å². The number of rotatable bonds is 5. The molecule has 0 atom stereocenters. The van der Waals surface area contributed by atoms with E-state index < -0.39 is 11.8 Å². The van der Waals surface area contributed by atoms with Crippen molar-refractivity contribution in [3.63, 3.8) is 0 Å². The van der Waals surface area contributed by atoms with Crippen molar-refractivity contribution in [3.05, 3.63) is 69.7 Å². The fraction of sp³-hybridized carbons (Fsp3) is 0.100. The molecule has 1 heterocycles. The molecule has 0 fully saturated rings. The molecular formula is C20H18ClN5O2S. The highest BCUT2D eigenvalue weighted by molar-refractivity contribution is 7.13. The average Bonchev–Trinajstić information content (AvgIpc) is 3.19. The van der Waals surface area contributed by atoms with Crippen LogP contribution in [0.2, 0.25) is 5.02 Å². The molecule has 2 aromatic carbocycles. The molecule has 29 heavy (non-hydrogen) atoms. The molecule has 0 spiro atoms. The molecule has 0 saturated carbocycles. The largest absolute Gasteiger partial charge is 0.355 e. The number of halogens is 1. The van der Waals surface area contributed by atoms with Gasteiger partial charge in [0, 0.05) is 33.5 Å². The minimum absolute atomic E-state index is 0.337. The molecular weight excluding hydrogens is 410 g/mol. The number of hydrogen-bond donors (Lipinski definition) is 3. The first-order valence-electron chi connectivity index (χ1n) is 8.60. The molecule has 0 saturated heterocycles. The molecule has 0 aliphatic carbocycles. The molecule has 0 aliphatic heterocycles. The van der Waals surface area contributed by atoms with Gasteiger partial charge in [-0.2, -0.15) is 5.10 Å². The Hall–Kier alpha value is -3.23. The zero-order valence-corrected chi connectivity index (χ0v) is 17.3. The number of nitrogens with zero attached hydrogens (tertiary/aromatic N) is 2. The van der Waals surface area contributed by atoms with Crippen molar-refractivity contribution in [1.29, 1.82) is 0 Å². The van der Waals surface area contributed by atoms with Crippen LogP contribution in [0, 0.1) is 13.8 Å². The summed E-state index contributed by atoms with van der Waals surface area (Å²) >= 11 is 7.31. The number of hydrogen-bond acceptors (Lipinski definition) is 6. The van der Waals surface area contributed by atoms with E-state index in [1.165, 1.54) is 23.7 Å². The van der Waals surface area contributed by atoms with Gasteiger partial charge in [0.05, 0.1) is 6.21 Å². The third-order valence-corrected chi connectivity index (χ3v) is 4.83. The van der Waals surface area contributed by atoms with E-state index in [-0.39, 0.29) is 0 Å². The molecule has 3 N–H and O–H groups in total. The van der Waals surface area contributed by atoms with Gasteiger partial charge in [-0.25, -0.2) is 10.4 Å². The van der Waals surface area contributed by atoms with Crippen LogP contribution in [0.1, 0.15) is 16.7 Å². The summed E-state index contributed by atoms with van der Waals surface area (Å²) in [7, 11) is 0. The maximum absolute atomic E-state index is 11.9. The van der Waals surface area contributed by atoms with Gasteiger partial charge in [0.1, 0.15) is 0 Å². The van der Waals surface area contributed by atoms with Crippen molar-refractivity contribution < 1.29 is 9.59 Å². The van der Waals surface area contributed by atoms with Crippen molar-refractivity contribution >= 4 is 57.5 Å². The van der Waals surface area contributed by atoms with Crippen LogP contribution in [0.15, 0.2) is 53.1 Å². The average molecular weight is 428 g/mol. The zero-order chi connectivity index (χ0) is 20.8. The van der Waals surface area contributed by atoms with Crippen LogP contribution in [0.5, 0.6) is 0 Å². The van der Waals surface area contributed by atoms with E-state index >= 15 is 0 Å². The molecule has 0 aliphatic rings. The lowest BCUT2D eigenvalue weighted by Gasteiger charge is -2.13. The second-order valence-corrected chi connectivity index (χ2v) is 7.50. The topological polar surface area (TPSA) is 95.5 Å². The third-order valence-electron chi connectivity index (χ3n) is 3.90. The quantitative estimate of drug-likeness (QED) is 0.322. The Bertz CT molecular complexity index is 1070. The number of nitrogens with one attached hydrogen (secondary N) is 3. The molecule has 9 heteroatoms. The minimum Gasteiger partial charge on any atom is -0.355 e. The Labute approximate surface area is 176 Å². The Balaban J connectivity index is 1.71. The van der Waals surface area contributed by atoms with E-state index in [2.05, 4.69) is 26.1 Å². The Morgan fingerprint density at radius 3 is 2.69 bits per heavy atom. The summed E-state index contributed by atoms with van der Waals surface area (Å²) in [6.45, 7) is 4.02. The summed E-state index contributed by atoms with van der Waals surface area (Å²) in [4.78, 5) is 27.6. The summed E-state index contributed by atoms with van der Waals surface area (Å²) in [6.07, 6.45) is 2.95. The van der Waals surface area contributed by atoms with Crippen molar-refractivity contribution in [2.45, 2.75) is 13.8 Å². The van der Waals surface area contributed by atoms with Gasteiger partial charge >= 0.3 is 11.8 Å². The molecule has 0 radical (unpaired) electrons. The van der Waals surface area contributed by atoms with E-state index in [0.717, 1.165) is 22.5 Å². The van der Waals surface area contributed by atoms with E-state index in [9.17, 15) is 9.59 Å². The number of hydrazone groups is 1. The minimum atomic E-state index is -0.900. The molecule has 7 nitrogen and oxygen atoms in total. The molecule has 0 bridgehead atoms. The number of carbonyl (C=O) groups excluding carboxylic acids is 2. The molecule has 3 aromatic rings. The lowest BCUT2D eigenvalue weighted by molar-refractivity contribution is -0.136. The van der Waals surface area contributed by atoms with Crippen LogP contribution in [-0.2, 0) is 9.59 Å². The SMILES string of the molecule is Cc1ccc(C)c(Nc2ccc(Cl)cc2/C=N\NC(=O)C(=O)Nc2nccs2)c1. The van der Waals surface area contributed by atoms with Gasteiger partial charge in [0.2, 0.25) is 0 Å². The van der Waals surface area contributed by atoms with Gasteiger partial charge in [-0.05, 0) is 49.2 Å². The van der Waals surface area contributed by atoms with Crippen molar-refractivity contribution in [2.24, 2.45) is 5.10 Å². The molecule has 2 amide bonds. The molecule has 148 valence electrons. The lowest BCUT2D eigenvalue weighted by Crippen LogP contribution is -2.32. The molecule has 0 unspecified atom stereocenters. The second-order valence-electron chi connectivity index (χ2n) is 6.17. The maximum atomic E-state index is 11.9. The van der Waals surface area contributed by atoms with Gasteiger partial charge < -0.3 is 5.32 Å². The van der Waals surface area contributed by atoms with E-state index in [1.807, 2.05) is 38.1 Å². The zero-order valence-electron chi connectivity index (χ0n) is 15.7. The normalized spacial score (nSPS) is 10.7. The monoisotopic (exact) mass is 427 g/mol. The standard InChI is InChI=1S/C20H18ClN5O2S/c1-12-3-4-13(2)17(9-12)24-16-6-5-15(21)10-14(16)11-23-26-19(28)18(27)25-20-22-7-8-29-20/h3-11,24H,1-2H3,(H,26,28)(H,22,25,27)/b23-11-. The first-order chi connectivity index (χ1) is 13.9.